The Hall–Kier alpha value is -2.98. The molecule has 0 saturated carbocycles. The predicted molar refractivity (Wildman–Crippen MR) is 103 cm³/mol. The second kappa shape index (κ2) is 9.25. The van der Waals surface area contributed by atoms with E-state index in [1.807, 2.05) is 0 Å². The molecule has 0 aliphatic rings. The van der Waals surface area contributed by atoms with Crippen molar-refractivity contribution in [2.24, 2.45) is 0 Å². The molecule has 1 atom stereocenters. The number of rotatable bonds is 6. The van der Waals surface area contributed by atoms with Gasteiger partial charge in [-0.2, -0.15) is 26.3 Å². The van der Waals surface area contributed by atoms with Gasteiger partial charge < -0.3 is 10.4 Å². The third-order valence-corrected chi connectivity index (χ3v) is 4.80. The quantitative estimate of drug-likeness (QED) is 0.463. The summed E-state index contributed by atoms with van der Waals surface area (Å²) in [6.07, 6.45) is -7.18. The van der Waals surface area contributed by atoms with Gasteiger partial charge in [-0.3, -0.25) is 4.98 Å². The van der Waals surface area contributed by atoms with Crippen molar-refractivity contribution in [2.75, 3.05) is 6.61 Å². The maximum Gasteiger partial charge on any atom is 0.416 e. The maximum absolute atomic E-state index is 14.2. The van der Waals surface area contributed by atoms with E-state index in [1.165, 1.54) is 36.7 Å². The van der Waals surface area contributed by atoms with Crippen LogP contribution in [-0.2, 0) is 18.9 Å². The highest BCUT2D eigenvalue weighted by Gasteiger charge is 2.37. The van der Waals surface area contributed by atoms with Crippen LogP contribution in [0.15, 0.2) is 60.9 Å². The van der Waals surface area contributed by atoms with Crippen LogP contribution in [0.2, 0.25) is 0 Å². The lowest BCUT2D eigenvalue weighted by molar-refractivity contribution is -0.143. The number of aromatic nitrogens is 1. The molecule has 0 bridgehead atoms. The lowest BCUT2D eigenvalue weighted by Crippen LogP contribution is -2.25. The summed E-state index contributed by atoms with van der Waals surface area (Å²) in [5.41, 5.74) is -2.19. The zero-order valence-electron chi connectivity index (χ0n) is 16.3. The zero-order valence-corrected chi connectivity index (χ0v) is 16.3. The minimum atomic E-state index is -5.00. The summed E-state index contributed by atoms with van der Waals surface area (Å²) in [6, 6.07) is 7.34. The summed E-state index contributed by atoms with van der Waals surface area (Å²) in [5.74, 6) is -0.508. The van der Waals surface area contributed by atoms with Crippen LogP contribution < -0.4 is 5.32 Å². The van der Waals surface area contributed by atoms with Crippen LogP contribution in [0.1, 0.15) is 28.3 Å². The Kier molecular flexibility index (Phi) is 6.85. The first-order chi connectivity index (χ1) is 15.0. The van der Waals surface area contributed by atoms with Gasteiger partial charge in [-0.15, -0.1) is 0 Å². The Labute approximate surface area is 178 Å². The maximum atomic E-state index is 14.2. The largest absolute Gasteiger partial charge is 0.416 e. The summed E-state index contributed by atoms with van der Waals surface area (Å²) in [5, 5.41) is 12.4. The molecule has 3 aromatic rings. The minimum absolute atomic E-state index is 0.0231. The van der Waals surface area contributed by atoms with Crippen molar-refractivity contribution in [1.29, 1.82) is 0 Å². The van der Waals surface area contributed by atoms with Crippen molar-refractivity contribution in [2.45, 2.75) is 24.9 Å². The van der Waals surface area contributed by atoms with E-state index < -0.39 is 41.9 Å². The standard InChI is InChI=1S/C22H17F7N2O/c23-19-4-2-1-3-18(19)17-5-6-30-10-14(17)11-31-20(12-32)13-7-15(21(24,25)26)9-16(8-13)22(27,28)29/h1-10,20,31-32H,11-12H2. The van der Waals surface area contributed by atoms with Gasteiger partial charge in [0.25, 0.3) is 0 Å². The second-order valence-corrected chi connectivity index (χ2v) is 6.97. The highest BCUT2D eigenvalue weighted by molar-refractivity contribution is 5.67. The molecule has 0 amide bonds. The predicted octanol–water partition coefficient (Wildman–Crippen LogP) is 5.75. The summed E-state index contributed by atoms with van der Waals surface area (Å²) in [6.45, 7) is -0.867. The smallest absolute Gasteiger partial charge is 0.394 e. The van der Waals surface area contributed by atoms with E-state index in [4.69, 9.17) is 0 Å². The number of hydrogen-bond acceptors (Lipinski definition) is 3. The van der Waals surface area contributed by atoms with Gasteiger partial charge in [0.1, 0.15) is 5.82 Å². The minimum Gasteiger partial charge on any atom is -0.394 e. The third kappa shape index (κ3) is 5.43. The number of aliphatic hydroxyl groups is 1. The van der Waals surface area contributed by atoms with Gasteiger partial charge in [-0.05, 0) is 47.0 Å². The Balaban J connectivity index is 1.93. The molecular weight excluding hydrogens is 441 g/mol. The van der Waals surface area contributed by atoms with Crippen molar-refractivity contribution in [3.8, 4) is 11.1 Å². The van der Waals surface area contributed by atoms with Gasteiger partial charge >= 0.3 is 12.4 Å². The average molecular weight is 458 g/mol. The van der Waals surface area contributed by atoms with Crippen molar-refractivity contribution in [3.63, 3.8) is 0 Å². The fourth-order valence-electron chi connectivity index (χ4n) is 3.21. The lowest BCUT2D eigenvalue weighted by atomic mass is 9.98. The molecular formula is C22H17F7N2O. The number of pyridine rings is 1. The number of nitrogens with one attached hydrogen (secondary N) is 1. The van der Waals surface area contributed by atoms with E-state index >= 15 is 0 Å². The average Bonchev–Trinajstić information content (AvgIpc) is 2.73. The van der Waals surface area contributed by atoms with E-state index in [2.05, 4.69) is 10.3 Å². The second-order valence-electron chi connectivity index (χ2n) is 6.97. The van der Waals surface area contributed by atoms with Crippen molar-refractivity contribution in [3.05, 3.63) is 89.0 Å². The van der Waals surface area contributed by atoms with Crippen molar-refractivity contribution < 1.29 is 35.8 Å². The van der Waals surface area contributed by atoms with Crippen LogP contribution in [-0.4, -0.2) is 16.7 Å². The summed E-state index contributed by atoms with van der Waals surface area (Å²) in [4.78, 5) is 3.95. The summed E-state index contributed by atoms with van der Waals surface area (Å²) in [7, 11) is 0. The number of aliphatic hydroxyl groups excluding tert-OH is 1. The number of alkyl halides is 6. The Morgan fingerprint density at radius 2 is 1.50 bits per heavy atom. The van der Waals surface area contributed by atoms with Crippen LogP contribution in [0.5, 0.6) is 0 Å². The molecule has 170 valence electrons. The van der Waals surface area contributed by atoms with Crippen LogP contribution in [0.25, 0.3) is 11.1 Å². The topological polar surface area (TPSA) is 45.1 Å². The van der Waals surface area contributed by atoms with Crippen LogP contribution in [0.3, 0.4) is 0 Å². The Bertz CT molecular complexity index is 1050. The van der Waals surface area contributed by atoms with E-state index in [-0.39, 0.29) is 23.7 Å². The molecule has 0 radical (unpaired) electrons. The molecule has 0 saturated heterocycles. The van der Waals surface area contributed by atoms with Gasteiger partial charge in [-0.25, -0.2) is 4.39 Å². The third-order valence-electron chi connectivity index (χ3n) is 4.80. The highest BCUT2D eigenvalue weighted by atomic mass is 19.4. The molecule has 3 nitrogen and oxygen atoms in total. The molecule has 1 aromatic heterocycles. The molecule has 1 unspecified atom stereocenters. The Morgan fingerprint density at radius 1 is 0.875 bits per heavy atom. The molecule has 2 aromatic carbocycles. The van der Waals surface area contributed by atoms with E-state index in [0.29, 0.717) is 23.3 Å². The van der Waals surface area contributed by atoms with Crippen LogP contribution in [0.4, 0.5) is 30.7 Å². The first-order valence-corrected chi connectivity index (χ1v) is 9.32. The van der Waals surface area contributed by atoms with E-state index in [1.54, 1.807) is 6.07 Å². The number of halogens is 7. The van der Waals surface area contributed by atoms with Crippen LogP contribution in [0, 0.1) is 5.82 Å². The Morgan fingerprint density at radius 3 is 2.06 bits per heavy atom. The first-order valence-electron chi connectivity index (χ1n) is 9.32. The molecule has 0 fully saturated rings. The van der Waals surface area contributed by atoms with Gasteiger partial charge in [0, 0.05) is 24.5 Å². The molecule has 32 heavy (non-hydrogen) atoms. The molecule has 0 spiro atoms. The fourth-order valence-corrected chi connectivity index (χ4v) is 3.21. The zero-order chi connectivity index (χ0) is 23.5. The van der Waals surface area contributed by atoms with Gasteiger partial charge in [0.15, 0.2) is 0 Å². The fraction of sp³-hybridized carbons (Fsp3) is 0.227. The number of nitrogens with zero attached hydrogens (tertiary/aromatic N) is 1. The van der Waals surface area contributed by atoms with E-state index in [9.17, 15) is 35.8 Å². The first kappa shape index (κ1) is 23.7. The van der Waals surface area contributed by atoms with Gasteiger partial charge in [-0.1, -0.05) is 18.2 Å². The summed E-state index contributed by atoms with van der Waals surface area (Å²) >= 11 is 0. The SMILES string of the molecule is OCC(NCc1cnccc1-c1ccccc1F)c1cc(C(F)(F)F)cc(C(F)(F)F)c1. The molecule has 0 aliphatic heterocycles. The van der Waals surface area contributed by atoms with Crippen molar-refractivity contribution in [1.82, 2.24) is 10.3 Å². The highest BCUT2D eigenvalue weighted by Crippen LogP contribution is 2.37. The number of benzene rings is 2. The molecule has 3 rings (SSSR count). The lowest BCUT2D eigenvalue weighted by Gasteiger charge is -2.21. The molecule has 10 heteroatoms. The van der Waals surface area contributed by atoms with Gasteiger partial charge in [0.2, 0.25) is 0 Å². The molecule has 2 N–H and O–H groups in total. The van der Waals surface area contributed by atoms with Crippen molar-refractivity contribution >= 4 is 0 Å². The summed E-state index contributed by atoms with van der Waals surface area (Å²) < 4.78 is 93.0. The monoisotopic (exact) mass is 458 g/mol. The van der Waals surface area contributed by atoms with E-state index in [0.717, 1.165) is 0 Å². The normalized spacial score (nSPS) is 13.2. The molecule has 1 heterocycles. The van der Waals surface area contributed by atoms with Crippen LogP contribution >= 0.6 is 0 Å². The molecule has 0 aliphatic carbocycles. The number of hydrogen-bond donors (Lipinski definition) is 2. The van der Waals surface area contributed by atoms with Gasteiger partial charge in [0.05, 0.1) is 23.8 Å².